The Morgan fingerprint density at radius 3 is 2.56 bits per heavy atom. The summed E-state index contributed by atoms with van der Waals surface area (Å²) in [5.74, 6) is 1.77. The van der Waals surface area contributed by atoms with Gasteiger partial charge in [0.1, 0.15) is 12.1 Å². The van der Waals surface area contributed by atoms with Crippen LogP contribution in [0.2, 0.25) is 0 Å². The molecule has 0 bridgehead atoms. The molecular weight excluding hydrogens is 202 g/mol. The molecule has 16 heavy (non-hydrogen) atoms. The maximum absolute atomic E-state index is 4.41. The molecule has 0 fully saturated rings. The minimum Gasteiger partial charge on any atom is -0.357 e. The van der Waals surface area contributed by atoms with Gasteiger partial charge in [-0.15, -0.1) is 0 Å². The fourth-order valence-electron chi connectivity index (χ4n) is 1.91. The third-order valence-electron chi connectivity index (χ3n) is 2.94. The van der Waals surface area contributed by atoms with E-state index in [1.165, 1.54) is 5.56 Å². The Labute approximate surface area is 95.1 Å². The lowest BCUT2D eigenvalue weighted by Gasteiger charge is -2.23. The van der Waals surface area contributed by atoms with Crippen molar-refractivity contribution in [3.05, 3.63) is 17.6 Å². The summed E-state index contributed by atoms with van der Waals surface area (Å²) in [6.45, 7) is 10.3. The number of hydrogen-bond donors (Lipinski definition) is 0. The van der Waals surface area contributed by atoms with E-state index in [1.54, 1.807) is 6.33 Å². The fraction of sp³-hybridized carbons (Fsp3) is 0.545. The normalized spacial score (nSPS) is 11.0. The minimum atomic E-state index is 0.671. The molecule has 5 nitrogen and oxygen atoms in total. The van der Waals surface area contributed by atoms with Crippen molar-refractivity contribution in [2.24, 2.45) is 0 Å². The molecule has 0 aliphatic rings. The van der Waals surface area contributed by atoms with Crippen LogP contribution >= 0.6 is 0 Å². The maximum atomic E-state index is 4.41. The van der Waals surface area contributed by atoms with E-state index in [9.17, 15) is 0 Å². The Bertz CT molecular complexity index is 498. The van der Waals surface area contributed by atoms with Crippen molar-refractivity contribution in [2.45, 2.75) is 27.7 Å². The van der Waals surface area contributed by atoms with Crippen LogP contribution in [-0.2, 0) is 0 Å². The van der Waals surface area contributed by atoms with Gasteiger partial charge in [-0.2, -0.15) is 14.6 Å². The molecule has 0 aliphatic carbocycles. The molecule has 0 saturated heterocycles. The molecule has 0 unspecified atom stereocenters. The van der Waals surface area contributed by atoms with E-state index in [1.807, 2.05) is 11.4 Å². The van der Waals surface area contributed by atoms with E-state index < -0.39 is 0 Å². The van der Waals surface area contributed by atoms with Crippen LogP contribution < -0.4 is 4.90 Å². The molecule has 2 heterocycles. The highest BCUT2D eigenvalue weighted by molar-refractivity contribution is 5.53. The van der Waals surface area contributed by atoms with Crippen molar-refractivity contribution in [3.8, 4) is 0 Å². The van der Waals surface area contributed by atoms with E-state index >= 15 is 0 Å². The number of rotatable bonds is 3. The molecule has 0 aromatic carbocycles. The summed E-state index contributed by atoms with van der Waals surface area (Å²) in [4.78, 5) is 10.8. The van der Waals surface area contributed by atoms with E-state index in [0.29, 0.717) is 5.78 Å². The van der Waals surface area contributed by atoms with Gasteiger partial charge < -0.3 is 4.90 Å². The van der Waals surface area contributed by atoms with Gasteiger partial charge in [-0.05, 0) is 27.7 Å². The molecule has 0 radical (unpaired) electrons. The van der Waals surface area contributed by atoms with Crippen LogP contribution in [0.1, 0.15) is 25.1 Å². The Kier molecular flexibility index (Phi) is 2.77. The second-order valence-electron chi connectivity index (χ2n) is 3.79. The molecule has 0 saturated carbocycles. The zero-order valence-electron chi connectivity index (χ0n) is 10.2. The predicted octanol–water partition coefficient (Wildman–Crippen LogP) is 1.59. The summed E-state index contributed by atoms with van der Waals surface area (Å²) >= 11 is 0. The SMILES string of the molecule is CCN(CC)c1c(C)c(C)nc2ncnn12. The molecular formula is C11H17N5. The average Bonchev–Trinajstić information content (AvgIpc) is 2.72. The summed E-state index contributed by atoms with van der Waals surface area (Å²) in [6.07, 6.45) is 1.55. The van der Waals surface area contributed by atoms with Gasteiger partial charge in [0.2, 0.25) is 0 Å². The van der Waals surface area contributed by atoms with Gasteiger partial charge in [0.15, 0.2) is 0 Å². The van der Waals surface area contributed by atoms with E-state index in [2.05, 4.69) is 40.7 Å². The van der Waals surface area contributed by atoms with Crippen LogP contribution in [-0.4, -0.2) is 32.7 Å². The largest absolute Gasteiger partial charge is 0.357 e. The van der Waals surface area contributed by atoms with E-state index in [4.69, 9.17) is 0 Å². The second kappa shape index (κ2) is 4.08. The molecule has 0 amide bonds. The smallest absolute Gasteiger partial charge is 0.254 e. The lowest BCUT2D eigenvalue weighted by Crippen LogP contribution is -2.26. The van der Waals surface area contributed by atoms with Gasteiger partial charge in [-0.1, -0.05) is 0 Å². The third-order valence-corrected chi connectivity index (χ3v) is 2.94. The van der Waals surface area contributed by atoms with Gasteiger partial charge in [0, 0.05) is 24.3 Å². The number of aromatic nitrogens is 4. The van der Waals surface area contributed by atoms with Crippen LogP contribution in [0.15, 0.2) is 6.33 Å². The first-order valence-corrected chi connectivity index (χ1v) is 5.60. The van der Waals surface area contributed by atoms with Gasteiger partial charge in [0.05, 0.1) is 0 Å². The number of fused-ring (bicyclic) bond motifs is 1. The van der Waals surface area contributed by atoms with Gasteiger partial charge >= 0.3 is 0 Å². The minimum absolute atomic E-state index is 0.671. The molecule has 86 valence electrons. The summed E-state index contributed by atoms with van der Waals surface area (Å²) in [6, 6.07) is 0. The molecule has 0 aliphatic heterocycles. The van der Waals surface area contributed by atoms with Crippen molar-refractivity contribution in [2.75, 3.05) is 18.0 Å². The van der Waals surface area contributed by atoms with Crippen LogP contribution in [0.4, 0.5) is 5.82 Å². The highest BCUT2D eigenvalue weighted by Crippen LogP contribution is 2.21. The number of hydrogen-bond acceptors (Lipinski definition) is 4. The molecule has 5 heteroatoms. The van der Waals surface area contributed by atoms with Crippen molar-refractivity contribution in [1.82, 2.24) is 19.6 Å². The number of nitrogens with zero attached hydrogens (tertiary/aromatic N) is 5. The molecule has 2 rings (SSSR count). The summed E-state index contributed by atoms with van der Waals surface area (Å²) < 4.78 is 1.81. The van der Waals surface area contributed by atoms with Gasteiger partial charge in [-0.3, -0.25) is 0 Å². The molecule has 0 atom stereocenters. The van der Waals surface area contributed by atoms with Crippen molar-refractivity contribution < 1.29 is 0 Å². The Morgan fingerprint density at radius 1 is 1.25 bits per heavy atom. The standard InChI is InChI=1S/C11H17N5/c1-5-15(6-2)10-8(3)9(4)14-11-12-7-13-16(10)11/h7H,5-6H2,1-4H3. The predicted molar refractivity (Wildman–Crippen MR) is 63.8 cm³/mol. The Hall–Kier alpha value is -1.65. The maximum Gasteiger partial charge on any atom is 0.254 e. The Balaban J connectivity index is 2.73. The fourth-order valence-corrected chi connectivity index (χ4v) is 1.91. The second-order valence-corrected chi connectivity index (χ2v) is 3.79. The topological polar surface area (TPSA) is 46.3 Å². The lowest BCUT2D eigenvalue weighted by atomic mass is 10.2. The van der Waals surface area contributed by atoms with Crippen LogP contribution in [0.25, 0.3) is 5.78 Å². The first-order chi connectivity index (χ1) is 7.69. The van der Waals surface area contributed by atoms with E-state index in [0.717, 1.165) is 24.6 Å². The monoisotopic (exact) mass is 219 g/mol. The van der Waals surface area contributed by atoms with Crippen LogP contribution in [0, 0.1) is 13.8 Å². The highest BCUT2D eigenvalue weighted by Gasteiger charge is 2.14. The van der Waals surface area contributed by atoms with Crippen molar-refractivity contribution in [1.29, 1.82) is 0 Å². The van der Waals surface area contributed by atoms with Crippen molar-refractivity contribution >= 4 is 11.6 Å². The van der Waals surface area contributed by atoms with Gasteiger partial charge in [-0.25, -0.2) is 4.98 Å². The third kappa shape index (κ3) is 1.52. The average molecular weight is 219 g/mol. The lowest BCUT2D eigenvalue weighted by molar-refractivity contribution is 0.788. The first kappa shape index (κ1) is 10.9. The summed E-state index contributed by atoms with van der Waals surface area (Å²) in [7, 11) is 0. The zero-order chi connectivity index (χ0) is 11.7. The summed E-state index contributed by atoms with van der Waals surface area (Å²) in [5.41, 5.74) is 2.18. The first-order valence-electron chi connectivity index (χ1n) is 5.60. The molecule has 0 N–H and O–H groups in total. The number of aryl methyl sites for hydroxylation is 1. The quantitative estimate of drug-likeness (QED) is 0.786. The summed E-state index contributed by atoms with van der Waals surface area (Å²) in [5, 5.41) is 4.24. The van der Waals surface area contributed by atoms with Gasteiger partial charge in [0.25, 0.3) is 5.78 Å². The Morgan fingerprint density at radius 2 is 1.94 bits per heavy atom. The van der Waals surface area contributed by atoms with Crippen LogP contribution in [0.3, 0.4) is 0 Å². The molecule has 2 aromatic heterocycles. The zero-order valence-corrected chi connectivity index (χ0v) is 10.2. The van der Waals surface area contributed by atoms with Crippen molar-refractivity contribution in [3.63, 3.8) is 0 Å². The highest BCUT2D eigenvalue weighted by atomic mass is 15.4. The van der Waals surface area contributed by atoms with E-state index in [-0.39, 0.29) is 0 Å². The van der Waals surface area contributed by atoms with Crippen LogP contribution in [0.5, 0.6) is 0 Å². The molecule has 2 aromatic rings. The number of anilines is 1. The molecule has 0 spiro atoms.